The van der Waals surface area contributed by atoms with Gasteiger partial charge in [-0.2, -0.15) is 0 Å². The monoisotopic (exact) mass is 249 g/mol. The topological polar surface area (TPSA) is 58.4 Å². The van der Waals surface area contributed by atoms with Crippen LogP contribution in [-0.2, 0) is 4.79 Å². The van der Waals surface area contributed by atoms with Gasteiger partial charge in [0.25, 0.3) is 0 Å². The Morgan fingerprint density at radius 1 is 1.53 bits per heavy atom. The number of aryl methyl sites for hydroxylation is 1. The molecule has 5 heteroatoms. The minimum Gasteiger partial charge on any atom is -0.376 e. The fraction of sp³-hybridized carbons (Fsp3) is 0.333. The maximum atomic E-state index is 11.6. The van der Waals surface area contributed by atoms with Crippen LogP contribution in [0.4, 0.5) is 11.4 Å². The Kier molecular flexibility index (Phi) is 3.28. The van der Waals surface area contributed by atoms with E-state index in [2.05, 4.69) is 5.32 Å². The molecule has 0 saturated carbocycles. The molecule has 1 aliphatic heterocycles. The highest BCUT2D eigenvalue weighted by Gasteiger charge is 2.21. The first kappa shape index (κ1) is 11.9. The average Bonchev–Trinajstić information content (AvgIpc) is 2.67. The number of benzene rings is 1. The van der Waals surface area contributed by atoms with E-state index in [0.29, 0.717) is 6.42 Å². The molecule has 2 rings (SSSR count). The van der Waals surface area contributed by atoms with Crippen molar-refractivity contribution in [2.45, 2.75) is 19.8 Å². The molecule has 1 aromatic rings. The zero-order valence-corrected chi connectivity index (χ0v) is 10.5. The maximum absolute atomic E-state index is 11.6. The SMILES string of the molecule is Cc1ccc(N2CCCC2=O)cc1NC(N)=S. The van der Waals surface area contributed by atoms with Gasteiger partial charge < -0.3 is 16.0 Å². The first-order valence-corrected chi connectivity index (χ1v) is 5.96. The molecule has 1 amide bonds. The van der Waals surface area contributed by atoms with E-state index in [4.69, 9.17) is 18.0 Å². The smallest absolute Gasteiger partial charge is 0.227 e. The summed E-state index contributed by atoms with van der Waals surface area (Å²) in [5.41, 5.74) is 8.27. The van der Waals surface area contributed by atoms with Crippen LogP contribution in [0.25, 0.3) is 0 Å². The van der Waals surface area contributed by atoms with E-state index < -0.39 is 0 Å². The van der Waals surface area contributed by atoms with Crippen molar-refractivity contribution in [2.75, 3.05) is 16.8 Å². The molecule has 1 heterocycles. The van der Waals surface area contributed by atoms with E-state index in [1.54, 1.807) is 4.90 Å². The molecule has 1 aromatic carbocycles. The molecule has 17 heavy (non-hydrogen) atoms. The molecular weight excluding hydrogens is 234 g/mol. The lowest BCUT2D eigenvalue weighted by Gasteiger charge is -2.18. The molecule has 90 valence electrons. The van der Waals surface area contributed by atoms with Gasteiger partial charge in [-0.3, -0.25) is 4.79 Å². The normalized spacial score (nSPS) is 15.1. The van der Waals surface area contributed by atoms with Gasteiger partial charge in [0.2, 0.25) is 5.91 Å². The molecule has 0 radical (unpaired) electrons. The van der Waals surface area contributed by atoms with Gasteiger partial charge in [0.1, 0.15) is 0 Å². The first-order chi connectivity index (χ1) is 8.08. The Bertz CT molecular complexity index is 473. The third kappa shape index (κ3) is 2.55. The number of hydrogen-bond donors (Lipinski definition) is 2. The molecule has 1 saturated heterocycles. The van der Waals surface area contributed by atoms with E-state index in [1.165, 1.54) is 0 Å². The van der Waals surface area contributed by atoms with Gasteiger partial charge in [-0.1, -0.05) is 6.07 Å². The fourth-order valence-corrected chi connectivity index (χ4v) is 2.08. The van der Waals surface area contributed by atoms with E-state index in [1.807, 2.05) is 25.1 Å². The van der Waals surface area contributed by atoms with Gasteiger partial charge in [-0.05, 0) is 43.3 Å². The lowest BCUT2D eigenvalue weighted by Crippen LogP contribution is -2.24. The minimum atomic E-state index is 0.176. The molecule has 0 aromatic heterocycles. The Hall–Kier alpha value is -1.62. The summed E-state index contributed by atoms with van der Waals surface area (Å²) in [6.45, 7) is 2.75. The number of carbonyl (C=O) groups excluding carboxylic acids is 1. The molecule has 0 spiro atoms. The number of thiocarbonyl (C=S) groups is 1. The largest absolute Gasteiger partial charge is 0.376 e. The molecule has 3 N–H and O–H groups in total. The number of hydrogen-bond acceptors (Lipinski definition) is 2. The van der Waals surface area contributed by atoms with Crippen LogP contribution < -0.4 is 16.0 Å². The van der Waals surface area contributed by atoms with Crippen molar-refractivity contribution in [3.8, 4) is 0 Å². The molecule has 1 aliphatic rings. The minimum absolute atomic E-state index is 0.176. The lowest BCUT2D eigenvalue weighted by atomic mass is 10.1. The van der Waals surface area contributed by atoms with Crippen LogP contribution in [0, 0.1) is 6.92 Å². The summed E-state index contributed by atoms with van der Waals surface area (Å²) in [5, 5.41) is 3.16. The predicted molar refractivity (Wildman–Crippen MR) is 73.2 cm³/mol. The molecule has 4 nitrogen and oxygen atoms in total. The van der Waals surface area contributed by atoms with E-state index in [0.717, 1.165) is 29.9 Å². The molecular formula is C12H15N3OS. The zero-order chi connectivity index (χ0) is 12.4. The summed E-state index contributed by atoms with van der Waals surface area (Å²) < 4.78 is 0. The quantitative estimate of drug-likeness (QED) is 0.784. The summed E-state index contributed by atoms with van der Waals surface area (Å²) in [5.74, 6) is 0.176. The van der Waals surface area contributed by atoms with Crippen molar-refractivity contribution in [3.05, 3.63) is 23.8 Å². The van der Waals surface area contributed by atoms with Crippen LogP contribution >= 0.6 is 12.2 Å². The van der Waals surface area contributed by atoms with Crippen molar-refractivity contribution in [1.82, 2.24) is 0 Å². The second kappa shape index (κ2) is 4.71. The summed E-state index contributed by atoms with van der Waals surface area (Å²) in [6.07, 6.45) is 1.55. The molecule has 0 atom stereocenters. The Labute approximate surface area is 106 Å². The third-order valence-corrected chi connectivity index (χ3v) is 2.97. The van der Waals surface area contributed by atoms with Gasteiger partial charge in [-0.25, -0.2) is 0 Å². The summed E-state index contributed by atoms with van der Waals surface area (Å²) in [4.78, 5) is 13.4. The number of nitrogens with two attached hydrogens (primary N) is 1. The average molecular weight is 249 g/mol. The number of rotatable bonds is 2. The van der Waals surface area contributed by atoms with Gasteiger partial charge in [0.15, 0.2) is 5.11 Å². The number of nitrogens with zero attached hydrogens (tertiary/aromatic N) is 1. The molecule has 1 fully saturated rings. The molecule has 0 unspecified atom stereocenters. The van der Waals surface area contributed by atoms with Crippen molar-refractivity contribution in [2.24, 2.45) is 5.73 Å². The summed E-state index contributed by atoms with van der Waals surface area (Å²) in [7, 11) is 0. The van der Waals surface area contributed by atoms with Gasteiger partial charge in [0, 0.05) is 24.3 Å². The van der Waals surface area contributed by atoms with E-state index in [9.17, 15) is 4.79 Å². The molecule has 0 bridgehead atoms. The highest BCUT2D eigenvalue weighted by molar-refractivity contribution is 7.80. The van der Waals surface area contributed by atoms with Crippen LogP contribution in [-0.4, -0.2) is 17.6 Å². The van der Waals surface area contributed by atoms with Crippen LogP contribution in [0.1, 0.15) is 18.4 Å². The Morgan fingerprint density at radius 3 is 2.88 bits per heavy atom. The Balaban J connectivity index is 2.30. The molecule has 0 aliphatic carbocycles. The van der Waals surface area contributed by atoms with Crippen molar-refractivity contribution >= 4 is 34.6 Å². The summed E-state index contributed by atoms with van der Waals surface area (Å²) in [6, 6.07) is 5.82. The maximum Gasteiger partial charge on any atom is 0.227 e. The van der Waals surface area contributed by atoms with Crippen LogP contribution in [0.3, 0.4) is 0 Å². The lowest BCUT2D eigenvalue weighted by molar-refractivity contribution is -0.117. The van der Waals surface area contributed by atoms with Crippen LogP contribution in [0.15, 0.2) is 18.2 Å². The predicted octanol–water partition coefficient (Wildman–Crippen LogP) is 1.78. The second-order valence-corrected chi connectivity index (χ2v) is 4.58. The van der Waals surface area contributed by atoms with Gasteiger partial charge in [-0.15, -0.1) is 0 Å². The number of anilines is 2. The van der Waals surface area contributed by atoms with E-state index >= 15 is 0 Å². The highest BCUT2D eigenvalue weighted by Crippen LogP contribution is 2.26. The number of nitrogens with one attached hydrogen (secondary N) is 1. The third-order valence-electron chi connectivity index (χ3n) is 2.86. The van der Waals surface area contributed by atoms with Gasteiger partial charge >= 0.3 is 0 Å². The van der Waals surface area contributed by atoms with Crippen molar-refractivity contribution in [1.29, 1.82) is 0 Å². The van der Waals surface area contributed by atoms with Crippen molar-refractivity contribution in [3.63, 3.8) is 0 Å². The highest BCUT2D eigenvalue weighted by atomic mass is 32.1. The van der Waals surface area contributed by atoms with Gasteiger partial charge in [0.05, 0.1) is 0 Å². The number of carbonyl (C=O) groups is 1. The van der Waals surface area contributed by atoms with Crippen LogP contribution in [0.2, 0.25) is 0 Å². The standard InChI is InChI=1S/C12H15N3OS/c1-8-4-5-9(7-10(8)14-12(13)17)15-6-2-3-11(15)16/h4-5,7H,2-3,6H2,1H3,(H3,13,14,17). The number of amides is 1. The zero-order valence-electron chi connectivity index (χ0n) is 9.69. The fourth-order valence-electron chi connectivity index (χ4n) is 1.97. The Morgan fingerprint density at radius 2 is 2.29 bits per heavy atom. The van der Waals surface area contributed by atoms with Crippen LogP contribution in [0.5, 0.6) is 0 Å². The van der Waals surface area contributed by atoms with Crippen molar-refractivity contribution < 1.29 is 4.79 Å². The second-order valence-electron chi connectivity index (χ2n) is 4.14. The summed E-state index contributed by atoms with van der Waals surface area (Å²) >= 11 is 4.82. The van der Waals surface area contributed by atoms with E-state index in [-0.39, 0.29) is 11.0 Å². The first-order valence-electron chi connectivity index (χ1n) is 5.55.